The molecule has 17 heavy (non-hydrogen) atoms. The predicted molar refractivity (Wildman–Crippen MR) is 68.9 cm³/mol. The summed E-state index contributed by atoms with van der Waals surface area (Å²) in [6, 6.07) is 12.7. The maximum Gasteiger partial charge on any atom is 0.0515 e. The summed E-state index contributed by atoms with van der Waals surface area (Å²) >= 11 is 0. The van der Waals surface area contributed by atoms with Gasteiger partial charge in [-0.15, -0.1) is 0 Å². The molecule has 0 atom stereocenters. The van der Waals surface area contributed by atoms with E-state index in [4.69, 9.17) is 0 Å². The number of fused-ring (bicyclic) bond motifs is 5. The van der Waals surface area contributed by atoms with Crippen molar-refractivity contribution in [1.82, 2.24) is 9.97 Å². The minimum absolute atomic E-state index is 1.05. The standard InChI is InChI=1S/C15H12N2/c1-2-6-14-10(4-1)11-7-8-13-12(15(11)17-14)5-3-9-16-13/h1-6,9,17H,7-8H2. The molecule has 0 saturated heterocycles. The lowest BCUT2D eigenvalue weighted by Crippen LogP contribution is -2.04. The number of nitrogens with zero attached hydrogens (tertiary/aromatic N) is 1. The van der Waals surface area contributed by atoms with Crippen molar-refractivity contribution < 1.29 is 0 Å². The Bertz CT molecular complexity index is 710. The number of hydrogen-bond donors (Lipinski definition) is 1. The molecule has 0 unspecified atom stereocenters. The largest absolute Gasteiger partial charge is 0.354 e. The molecule has 0 fully saturated rings. The molecule has 1 aromatic carbocycles. The Labute approximate surface area is 99.3 Å². The molecule has 1 aliphatic carbocycles. The second-order valence-electron chi connectivity index (χ2n) is 4.52. The maximum absolute atomic E-state index is 4.47. The van der Waals surface area contributed by atoms with Gasteiger partial charge in [0, 0.05) is 28.4 Å². The molecule has 2 aromatic heterocycles. The summed E-state index contributed by atoms with van der Waals surface area (Å²) in [7, 11) is 0. The summed E-state index contributed by atoms with van der Waals surface area (Å²) in [6.45, 7) is 0. The van der Waals surface area contributed by atoms with Crippen LogP contribution < -0.4 is 0 Å². The van der Waals surface area contributed by atoms with Crippen molar-refractivity contribution in [2.45, 2.75) is 12.8 Å². The van der Waals surface area contributed by atoms with Crippen LogP contribution >= 0.6 is 0 Å². The number of pyridine rings is 1. The highest BCUT2D eigenvalue weighted by Gasteiger charge is 2.20. The van der Waals surface area contributed by atoms with Gasteiger partial charge in [-0.2, -0.15) is 0 Å². The summed E-state index contributed by atoms with van der Waals surface area (Å²) < 4.78 is 0. The van der Waals surface area contributed by atoms with E-state index in [1.807, 2.05) is 12.3 Å². The lowest BCUT2D eigenvalue weighted by Gasteiger charge is -2.14. The quantitative estimate of drug-likeness (QED) is 0.618. The number of benzene rings is 1. The van der Waals surface area contributed by atoms with Crippen LogP contribution in [0.15, 0.2) is 42.6 Å². The van der Waals surface area contributed by atoms with E-state index >= 15 is 0 Å². The molecule has 0 spiro atoms. The van der Waals surface area contributed by atoms with E-state index in [1.165, 1.54) is 33.4 Å². The molecule has 0 radical (unpaired) electrons. The van der Waals surface area contributed by atoms with E-state index < -0.39 is 0 Å². The Kier molecular flexibility index (Phi) is 1.69. The third kappa shape index (κ3) is 1.18. The van der Waals surface area contributed by atoms with Crippen molar-refractivity contribution in [2.24, 2.45) is 0 Å². The molecule has 0 amide bonds. The minimum atomic E-state index is 1.05. The van der Waals surface area contributed by atoms with Gasteiger partial charge in [0.1, 0.15) is 0 Å². The van der Waals surface area contributed by atoms with Crippen LogP contribution in [0.3, 0.4) is 0 Å². The number of rotatable bonds is 0. The van der Waals surface area contributed by atoms with Gasteiger partial charge in [-0.1, -0.05) is 18.2 Å². The van der Waals surface area contributed by atoms with Crippen LogP contribution in [0.5, 0.6) is 0 Å². The zero-order valence-electron chi connectivity index (χ0n) is 9.40. The van der Waals surface area contributed by atoms with Crippen molar-refractivity contribution in [1.29, 1.82) is 0 Å². The topological polar surface area (TPSA) is 28.7 Å². The Morgan fingerprint density at radius 2 is 1.94 bits per heavy atom. The van der Waals surface area contributed by atoms with Gasteiger partial charge in [-0.25, -0.2) is 0 Å². The molecule has 3 aromatic rings. The highest BCUT2D eigenvalue weighted by atomic mass is 14.8. The van der Waals surface area contributed by atoms with Crippen LogP contribution in [0, 0.1) is 0 Å². The average molecular weight is 220 g/mol. The Balaban J connectivity index is 2.10. The van der Waals surface area contributed by atoms with Gasteiger partial charge in [0.15, 0.2) is 0 Å². The van der Waals surface area contributed by atoms with E-state index in [0.29, 0.717) is 0 Å². The van der Waals surface area contributed by atoms with Gasteiger partial charge in [0.2, 0.25) is 0 Å². The van der Waals surface area contributed by atoms with E-state index in [9.17, 15) is 0 Å². The number of nitrogens with one attached hydrogen (secondary N) is 1. The minimum Gasteiger partial charge on any atom is -0.354 e. The highest BCUT2D eigenvalue weighted by molar-refractivity contribution is 5.91. The van der Waals surface area contributed by atoms with Gasteiger partial charge in [-0.05, 0) is 36.6 Å². The summed E-state index contributed by atoms with van der Waals surface area (Å²) in [4.78, 5) is 8.00. The summed E-state index contributed by atoms with van der Waals surface area (Å²) in [5, 5.41) is 1.36. The van der Waals surface area contributed by atoms with E-state index in [0.717, 1.165) is 12.8 Å². The molecule has 0 saturated carbocycles. The average Bonchev–Trinajstić information content (AvgIpc) is 2.78. The summed E-state index contributed by atoms with van der Waals surface area (Å²) in [6.07, 6.45) is 4.01. The molecule has 82 valence electrons. The predicted octanol–water partition coefficient (Wildman–Crippen LogP) is 3.33. The fourth-order valence-electron chi connectivity index (χ4n) is 2.80. The van der Waals surface area contributed by atoms with Crippen LogP contribution in [-0.4, -0.2) is 9.97 Å². The number of aromatic nitrogens is 2. The maximum atomic E-state index is 4.47. The lowest BCUT2D eigenvalue weighted by atomic mass is 9.92. The first kappa shape index (κ1) is 8.99. The molecular formula is C15H12N2. The van der Waals surface area contributed by atoms with Crippen LogP contribution in [0.1, 0.15) is 11.3 Å². The Morgan fingerprint density at radius 3 is 2.94 bits per heavy atom. The SMILES string of the molecule is c1cnc2c(c1)-c1[nH]c3ccccc3c1CC2. The number of hydrogen-bond acceptors (Lipinski definition) is 1. The van der Waals surface area contributed by atoms with Crippen molar-refractivity contribution in [2.75, 3.05) is 0 Å². The number of aromatic amines is 1. The van der Waals surface area contributed by atoms with Crippen molar-refractivity contribution in [3.05, 3.63) is 53.9 Å². The van der Waals surface area contributed by atoms with Gasteiger partial charge in [0.25, 0.3) is 0 Å². The molecule has 0 aliphatic heterocycles. The molecule has 1 N–H and O–H groups in total. The highest BCUT2D eigenvalue weighted by Crippen LogP contribution is 2.36. The third-order valence-electron chi connectivity index (χ3n) is 3.59. The molecule has 2 nitrogen and oxygen atoms in total. The first-order valence-electron chi connectivity index (χ1n) is 5.97. The second kappa shape index (κ2) is 3.20. The van der Waals surface area contributed by atoms with Crippen molar-refractivity contribution >= 4 is 10.9 Å². The monoisotopic (exact) mass is 220 g/mol. The smallest absolute Gasteiger partial charge is 0.0515 e. The van der Waals surface area contributed by atoms with Crippen LogP contribution in [0.4, 0.5) is 0 Å². The molecule has 2 heterocycles. The molecular weight excluding hydrogens is 208 g/mol. The van der Waals surface area contributed by atoms with Crippen LogP contribution in [-0.2, 0) is 12.8 Å². The molecule has 1 aliphatic rings. The number of para-hydroxylation sites is 1. The first-order valence-corrected chi connectivity index (χ1v) is 5.97. The van der Waals surface area contributed by atoms with E-state index in [2.05, 4.69) is 40.3 Å². The Morgan fingerprint density at radius 1 is 1.00 bits per heavy atom. The van der Waals surface area contributed by atoms with Gasteiger partial charge in [0.05, 0.1) is 5.69 Å². The molecule has 4 rings (SSSR count). The lowest BCUT2D eigenvalue weighted by molar-refractivity contribution is 0.900. The van der Waals surface area contributed by atoms with Crippen LogP contribution in [0.25, 0.3) is 22.2 Å². The number of H-pyrrole nitrogens is 1. The second-order valence-corrected chi connectivity index (χ2v) is 4.52. The van der Waals surface area contributed by atoms with Crippen molar-refractivity contribution in [3.63, 3.8) is 0 Å². The van der Waals surface area contributed by atoms with Gasteiger partial charge >= 0.3 is 0 Å². The van der Waals surface area contributed by atoms with Gasteiger partial charge < -0.3 is 4.98 Å². The van der Waals surface area contributed by atoms with Crippen LogP contribution in [0.2, 0.25) is 0 Å². The summed E-state index contributed by atoms with van der Waals surface area (Å²) in [5.74, 6) is 0. The van der Waals surface area contributed by atoms with Crippen molar-refractivity contribution in [3.8, 4) is 11.3 Å². The normalized spacial score (nSPS) is 13.4. The first-order chi connectivity index (χ1) is 8.43. The number of aryl methyl sites for hydroxylation is 2. The van der Waals surface area contributed by atoms with E-state index in [1.54, 1.807) is 0 Å². The zero-order chi connectivity index (χ0) is 11.2. The molecule has 2 heteroatoms. The fraction of sp³-hybridized carbons (Fsp3) is 0.133. The summed E-state index contributed by atoms with van der Waals surface area (Å²) in [5.41, 5.74) is 6.42. The Hall–Kier alpha value is -2.09. The van der Waals surface area contributed by atoms with E-state index in [-0.39, 0.29) is 0 Å². The molecule has 0 bridgehead atoms. The fourth-order valence-corrected chi connectivity index (χ4v) is 2.80. The third-order valence-corrected chi connectivity index (χ3v) is 3.59. The van der Waals surface area contributed by atoms with Gasteiger partial charge in [-0.3, -0.25) is 4.98 Å². The zero-order valence-corrected chi connectivity index (χ0v) is 9.40.